The lowest BCUT2D eigenvalue weighted by Crippen LogP contribution is -2.61. The molecule has 2 aliphatic rings. The lowest BCUT2D eigenvalue weighted by molar-refractivity contribution is 1.16. The number of fused-ring (bicyclic) bond motifs is 7. The lowest BCUT2D eigenvalue weighted by atomic mass is 9.33. The zero-order valence-electron chi connectivity index (χ0n) is 51.6. The van der Waals surface area contributed by atoms with E-state index in [2.05, 4.69) is 378 Å². The highest BCUT2D eigenvalue weighted by atomic mass is 15.2. The molecular weight excluding hydrogens is 1130 g/mol. The van der Waals surface area contributed by atoms with Crippen LogP contribution < -0.4 is 26.2 Å². The molecule has 438 valence electrons. The Hall–Kier alpha value is -12.2. The maximum Gasteiger partial charge on any atom is 0.252 e. The fraction of sp³-hybridized carbons (Fsp3) is 0. The van der Waals surface area contributed by atoms with Crippen LogP contribution in [0.3, 0.4) is 0 Å². The van der Waals surface area contributed by atoms with E-state index in [1.165, 1.54) is 38.3 Å². The fourth-order valence-corrected chi connectivity index (χ4v) is 15.0. The fourth-order valence-electron chi connectivity index (χ4n) is 15.0. The third kappa shape index (κ3) is 9.37. The Morgan fingerprint density at radius 3 is 0.830 bits per heavy atom. The second-order valence-corrected chi connectivity index (χ2v) is 24.8. The number of hydrogen-bond donors (Lipinski definition) is 0. The van der Waals surface area contributed by atoms with E-state index < -0.39 is 0 Å². The third-order valence-corrected chi connectivity index (χ3v) is 19.3. The van der Waals surface area contributed by atoms with E-state index in [0.717, 1.165) is 129 Å². The van der Waals surface area contributed by atoms with Gasteiger partial charge in [0.2, 0.25) is 0 Å². The Labute approximate surface area is 548 Å². The van der Waals surface area contributed by atoms with Crippen LogP contribution in [0.4, 0.5) is 34.1 Å². The van der Waals surface area contributed by atoms with E-state index in [4.69, 9.17) is 0 Å². The van der Waals surface area contributed by atoms with Crippen molar-refractivity contribution in [2.75, 3.05) is 9.80 Å². The maximum absolute atomic E-state index is 2.65. The van der Waals surface area contributed by atoms with Gasteiger partial charge in [0.05, 0.1) is 16.7 Å². The van der Waals surface area contributed by atoms with Gasteiger partial charge in [0, 0.05) is 56.0 Å². The maximum atomic E-state index is 2.65. The van der Waals surface area contributed by atoms with Gasteiger partial charge in [-0.3, -0.25) is 0 Å². The number of anilines is 6. The van der Waals surface area contributed by atoms with Crippen LogP contribution in [0, 0.1) is 0 Å². The van der Waals surface area contributed by atoms with Crippen LogP contribution in [-0.4, -0.2) is 11.3 Å². The van der Waals surface area contributed by atoms with Gasteiger partial charge in [-0.05, 0) is 167 Å². The molecule has 0 saturated heterocycles. The molecule has 1 aromatic heterocycles. The van der Waals surface area contributed by atoms with E-state index in [1.807, 2.05) is 0 Å². The molecule has 94 heavy (non-hydrogen) atoms. The van der Waals surface area contributed by atoms with Gasteiger partial charge in [0.1, 0.15) is 0 Å². The van der Waals surface area contributed by atoms with Gasteiger partial charge in [0.25, 0.3) is 6.71 Å². The van der Waals surface area contributed by atoms with Gasteiger partial charge in [-0.1, -0.05) is 291 Å². The molecule has 0 saturated carbocycles. The van der Waals surface area contributed by atoms with Crippen LogP contribution in [0.1, 0.15) is 0 Å². The minimum atomic E-state index is -0.166. The summed E-state index contributed by atoms with van der Waals surface area (Å²) in [7, 11) is 0. The van der Waals surface area contributed by atoms with Gasteiger partial charge in [-0.25, -0.2) is 0 Å². The molecule has 2 aliphatic heterocycles. The molecule has 0 atom stereocenters. The summed E-state index contributed by atoms with van der Waals surface area (Å²) in [5.74, 6) is 0. The summed E-state index contributed by atoms with van der Waals surface area (Å²) < 4.78 is 2.65. The largest absolute Gasteiger partial charge is 0.311 e. The molecule has 0 bridgehead atoms. The highest BCUT2D eigenvalue weighted by molar-refractivity contribution is 7.00. The van der Waals surface area contributed by atoms with Crippen molar-refractivity contribution in [3.05, 3.63) is 364 Å². The van der Waals surface area contributed by atoms with Gasteiger partial charge in [-0.2, -0.15) is 0 Å². The summed E-state index contributed by atoms with van der Waals surface area (Å²) in [5, 5.41) is 2.34. The molecule has 3 heterocycles. The zero-order valence-corrected chi connectivity index (χ0v) is 51.6. The molecule has 0 aliphatic carbocycles. The molecular formula is C90H60BN3. The average molecular weight is 1190 g/mol. The second-order valence-electron chi connectivity index (χ2n) is 24.8. The number of benzene rings is 15. The van der Waals surface area contributed by atoms with E-state index >= 15 is 0 Å². The first-order valence-corrected chi connectivity index (χ1v) is 32.5. The predicted molar refractivity (Wildman–Crippen MR) is 398 cm³/mol. The summed E-state index contributed by atoms with van der Waals surface area (Å²) in [5.41, 5.74) is 32.2. The number of hydrogen-bond acceptors (Lipinski definition) is 2. The van der Waals surface area contributed by atoms with Crippen LogP contribution in [0.15, 0.2) is 364 Å². The molecule has 0 amide bonds. The topological polar surface area (TPSA) is 11.4 Å². The highest BCUT2D eigenvalue weighted by Crippen LogP contribution is 2.51. The van der Waals surface area contributed by atoms with Crippen molar-refractivity contribution >= 4 is 79.0 Å². The van der Waals surface area contributed by atoms with Crippen LogP contribution in [-0.2, 0) is 0 Å². The Morgan fingerprint density at radius 2 is 0.489 bits per heavy atom. The summed E-state index contributed by atoms with van der Waals surface area (Å²) >= 11 is 0. The predicted octanol–water partition coefficient (Wildman–Crippen LogP) is 22.2. The molecule has 16 aromatic rings. The minimum Gasteiger partial charge on any atom is -0.311 e. The second kappa shape index (κ2) is 22.9. The molecule has 3 nitrogen and oxygen atoms in total. The van der Waals surface area contributed by atoms with E-state index in [0.29, 0.717) is 0 Å². The SMILES string of the molecule is c1ccc(-c2cccc(N3c4cc(-c5ccccc5)ccc4B4c5ccc(-c6ccccc6)cc5N(c5cccc(-c6ccccc6)c5)c5cc(-n6c7c(-c8ccccc8)cc(-c8ccccc8)cc7c7cc(-c8ccccc8)cc(-c8ccccc8)c76)cc3c54)c2)cc1. The van der Waals surface area contributed by atoms with Crippen LogP contribution in [0.5, 0.6) is 0 Å². The molecule has 0 fully saturated rings. The first-order chi connectivity index (χ1) is 46.6. The van der Waals surface area contributed by atoms with Crippen molar-refractivity contribution in [2.45, 2.75) is 0 Å². The van der Waals surface area contributed by atoms with Crippen molar-refractivity contribution in [3.8, 4) is 94.7 Å². The minimum absolute atomic E-state index is 0.166. The monoisotopic (exact) mass is 1190 g/mol. The lowest BCUT2D eigenvalue weighted by Gasteiger charge is -2.45. The summed E-state index contributed by atoms with van der Waals surface area (Å²) in [4.78, 5) is 5.19. The summed E-state index contributed by atoms with van der Waals surface area (Å²) in [6.45, 7) is -0.166. The quantitative estimate of drug-likeness (QED) is 0.120. The van der Waals surface area contributed by atoms with Crippen molar-refractivity contribution in [2.24, 2.45) is 0 Å². The Morgan fingerprint density at radius 1 is 0.191 bits per heavy atom. The number of rotatable bonds is 11. The normalized spacial score (nSPS) is 12.2. The van der Waals surface area contributed by atoms with Crippen molar-refractivity contribution in [1.29, 1.82) is 0 Å². The van der Waals surface area contributed by atoms with Crippen LogP contribution >= 0.6 is 0 Å². The molecule has 0 N–H and O–H groups in total. The summed E-state index contributed by atoms with van der Waals surface area (Å²) in [6, 6.07) is 135. The average Bonchev–Trinajstić information content (AvgIpc) is 0.894. The van der Waals surface area contributed by atoms with E-state index in [9.17, 15) is 0 Å². The Balaban J connectivity index is 1.03. The van der Waals surface area contributed by atoms with Crippen LogP contribution in [0.2, 0.25) is 0 Å². The number of aromatic nitrogens is 1. The van der Waals surface area contributed by atoms with Crippen LogP contribution in [0.25, 0.3) is 117 Å². The molecule has 4 heteroatoms. The molecule has 0 unspecified atom stereocenters. The highest BCUT2D eigenvalue weighted by Gasteiger charge is 2.44. The third-order valence-electron chi connectivity index (χ3n) is 19.3. The summed E-state index contributed by atoms with van der Waals surface area (Å²) in [6.07, 6.45) is 0. The Bertz CT molecular complexity index is 5180. The Kier molecular flexibility index (Phi) is 13.3. The molecule has 18 rings (SSSR count). The van der Waals surface area contributed by atoms with Gasteiger partial charge in [0.15, 0.2) is 0 Å². The zero-order chi connectivity index (χ0) is 62.1. The standard InChI is InChI=1S/C90H60BN3/c1-9-27-61(28-10-1)69-43-25-45-75(51-69)92-84-57-71(63-31-13-3-14-32-63)47-49-82(84)91-83-50-48-72(64-33-15-4-16-34-64)58-85(83)93(76-46-26-44-70(52-76)62-29-11-2-12-30-62)87-60-77(59-86(92)88(87)91)94-89-78(67-39-21-7-22-40-67)53-73(65-35-17-5-18-36-65)55-80(89)81-56-74(66-37-19-6-20-38-66)54-79(90(81)94)68-41-23-8-24-42-68/h1-60H. The first kappa shape index (κ1) is 54.7. The number of nitrogens with zero attached hydrogens (tertiary/aromatic N) is 3. The smallest absolute Gasteiger partial charge is 0.252 e. The molecule has 0 radical (unpaired) electrons. The molecule has 15 aromatic carbocycles. The molecule has 0 spiro atoms. The van der Waals surface area contributed by atoms with Crippen molar-refractivity contribution < 1.29 is 0 Å². The van der Waals surface area contributed by atoms with Gasteiger partial charge < -0.3 is 14.4 Å². The van der Waals surface area contributed by atoms with E-state index in [1.54, 1.807) is 0 Å². The first-order valence-electron chi connectivity index (χ1n) is 32.5. The van der Waals surface area contributed by atoms with Gasteiger partial charge >= 0.3 is 0 Å². The van der Waals surface area contributed by atoms with E-state index in [-0.39, 0.29) is 6.71 Å². The van der Waals surface area contributed by atoms with Gasteiger partial charge in [-0.15, -0.1) is 0 Å². The van der Waals surface area contributed by atoms with Crippen molar-refractivity contribution in [3.63, 3.8) is 0 Å². The van der Waals surface area contributed by atoms with Crippen molar-refractivity contribution in [1.82, 2.24) is 4.57 Å².